The Morgan fingerprint density at radius 3 is 2.67 bits per heavy atom. The van der Waals surface area contributed by atoms with Crippen LogP contribution in [0.15, 0.2) is 18.2 Å². The number of rotatable bonds is 0. The average Bonchev–Trinajstić information content (AvgIpc) is 3.21. The van der Waals surface area contributed by atoms with E-state index in [1.807, 2.05) is 12.1 Å². The highest BCUT2D eigenvalue weighted by atomic mass is 16.7. The molecule has 0 bridgehead atoms. The fraction of sp³-hybridized carbons (Fsp3) is 0.429. The van der Waals surface area contributed by atoms with E-state index in [2.05, 4.69) is 13.8 Å². The number of ether oxygens (including phenoxy) is 5. The van der Waals surface area contributed by atoms with E-state index < -0.39 is 0 Å². The molecule has 0 unspecified atom stereocenters. The van der Waals surface area contributed by atoms with Gasteiger partial charge in [0.1, 0.15) is 34.7 Å². The smallest absolute Gasteiger partial charge is 0.231 e. The molecule has 2 aromatic carbocycles. The summed E-state index contributed by atoms with van der Waals surface area (Å²) in [5.41, 5.74) is 2.50. The monoisotopic (exact) mass is 368 g/mol. The van der Waals surface area contributed by atoms with Crippen LogP contribution in [0.25, 0.3) is 0 Å². The molecular formula is C21H20O6. The second-order valence-corrected chi connectivity index (χ2v) is 8.18. The third-order valence-electron chi connectivity index (χ3n) is 5.94. The van der Waals surface area contributed by atoms with E-state index in [0.29, 0.717) is 23.9 Å². The first-order valence-corrected chi connectivity index (χ1v) is 9.31. The number of hydrogen-bond acceptors (Lipinski definition) is 6. The summed E-state index contributed by atoms with van der Waals surface area (Å²) in [6, 6.07) is 5.59. The lowest BCUT2D eigenvalue weighted by Gasteiger charge is -2.37. The van der Waals surface area contributed by atoms with Crippen LogP contribution in [0.1, 0.15) is 49.0 Å². The molecule has 0 aliphatic carbocycles. The van der Waals surface area contributed by atoms with Gasteiger partial charge in [0.15, 0.2) is 11.5 Å². The molecule has 2 aromatic rings. The van der Waals surface area contributed by atoms with E-state index in [4.69, 9.17) is 23.7 Å². The quantitative estimate of drug-likeness (QED) is 0.762. The summed E-state index contributed by atoms with van der Waals surface area (Å²) in [7, 11) is 0. The maximum absolute atomic E-state index is 10.5. The molecule has 140 valence electrons. The Bertz CT molecular complexity index is 979. The normalized spacial score (nSPS) is 25.3. The van der Waals surface area contributed by atoms with Crippen molar-refractivity contribution >= 4 is 0 Å². The molecule has 0 radical (unpaired) electrons. The number of aromatic hydroxyl groups is 1. The van der Waals surface area contributed by atoms with Gasteiger partial charge in [-0.1, -0.05) is 0 Å². The highest BCUT2D eigenvalue weighted by Gasteiger charge is 2.46. The first-order valence-electron chi connectivity index (χ1n) is 9.31. The summed E-state index contributed by atoms with van der Waals surface area (Å²) in [6.07, 6.45) is 1.40. The average molecular weight is 368 g/mol. The molecule has 0 fully saturated rings. The fourth-order valence-corrected chi connectivity index (χ4v) is 4.51. The Balaban J connectivity index is 1.50. The zero-order valence-corrected chi connectivity index (χ0v) is 15.2. The SMILES string of the molecule is CC1(C)CCc2c(O)cc3c(c2O1)[C@H]1Oc2cc4c(cc2[C@H]1CO3)OCO4. The second-order valence-electron chi connectivity index (χ2n) is 8.18. The van der Waals surface area contributed by atoms with Gasteiger partial charge in [0.05, 0.1) is 18.1 Å². The predicted molar refractivity (Wildman–Crippen MR) is 95.3 cm³/mol. The zero-order chi connectivity index (χ0) is 18.3. The van der Waals surface area contributed by atoms with Gasteiger partial charge in [0.2, 0.25) is 6.79 Å². The number of phenolic OH excluding ortho intramolecular Hbond substituents is 1. The molecule has 2 atom stereocenters. The Labute approximate surface area is 156 Å². The Morgan fingerprint density at radius 1 is 1.00 bits per heavy atom. The maximum atomic E-state index is 10.5. The molecule has 27 heavy (non-hydrogen) atoms. The Kier molecular flexibility index (Phi) is 2.80. The fourth-order valence-electron chi connectivity index (χ4n) is 4.51. The van der Waals surface area contributed by atoms with E-state index >= 15 is 0 Å². The zero-order valence-electron chi connectivity index (χ0n) is 15.2. The van der Waals surface area contributed by atoms with Crippen molar-refractivity contribution in [2.24, 2.45) is 0 Å². The number of phenols is 1. The molecule has 0 amide bonds. The van der Waals surface area contributed by atoms with E-state index in [1.54, 1.807) is 6.07 Å². The van der Waals surface area contributed by atoms with Crippen molar-refractivity contribution in [1.82, 2.24) is 0 Å². The lowest BCUT2D eigenvalue weighted by atomic mass is 9.85. The molecule has 0 aromatic heterocycles. The summed E-state index contributed by atoms with van der Waals surface area (Å²) < 4.78 is 29.7. The molecule has 4 aliphatic heterocycles. The summed E-state index contributed by atoms with van der Waals surface area (Å²) in [5.74, 6) is 3.87. The van der Waals surface area contributed by atoms with Crippen molar-refractivity contribution in [2.45, 2.75) is 44.3 Å². The van der Waals surface area contributed by atoms with Crippen LogP contribution in [0.5, 0.6) is 34.5 Å². The topological polar surface area (TPSA) is 66.4 Å². The maximum Gasteiger partial charge on any atom is 0.231 e. The van der Waals surface area contributed by atoms with E-state index in [1.165, 1.54) is 0 Å². The minimum Gasteiger partial charge on any atom is -0.507 e. The van der Waals surface area contributed by atoms with Gasteiger partial charge < -0.3 is 28.8 Å². The third kappa shape index (κ3) is 2.07. The summed E-state index contributed by atoms with van der Waals surface area (Å²) in [4.78, 5) is 0. The van der Waals surface area contributed by atoms with Gasteiger partial charge in [-0.3, -0.25) is 0 Å². The molecule has 0 spiro atoms. The molecular weight excluding hydrogens is 348 g/mol. The summed E-state index contributed by atoms with van der Waals surface area (Å²) >= 11 is 0. The van der Waals surface area contributed by atoms with Crippen LogP contribution >= 0.6 is 0 Å². The van der Waals surface area contributed by atoms with Gasteiger partial charge in [0.25, 0.3) is 0 Å². The molecule has 0 saturated heterocycles. The summed E-state index contributed by atoms with van der Waals surface area (Å²) in [5, 5.41) is 10.5. The lowest BCUT2D eigenvalue weighted by Crippen LogP contribution is -2.34. The van der Waals surface area contributed by atoms with Crippen molar-refractivity contribution in [3.05, 3.63) is 34.9 Å². The first-order chi connectivity index (χ1) is 13.0. The van der Waals surface area contributed by atoms with Gasteiger partial charge >= 0.3 is 0 Å². The first kappa shape index (κ1) is 15.3. The van der Waals surface area contributed by atoms with Gasteiger partial charge in [-0.15, -0.1) is 0 Å². The van der Waals surface area contributed by atoms with E-state index in [0.717, 1.165) is 41.0 Å². The molecule has 6 nitrogen and oxygen atoms in total. The largest absolute Gasteiger partial charge is 0.507 e. The highest BCUT2D eigenvalue weighted by Crippen LogP contribution is 2.58. The molecule has 0 saturated carbocycles. The van der Waals surface area contributed by atoms with Crippen LogP contribution in [-0.4, -0.2) is 24.1 Å². The minimum absolute atomic E-state index is 0.0456. The van der Waals surface area contributed by atoms with Gasteiger partial charge in [-0.05, 0) is 32.8 Å². The van der Waals surface area contributed by atoms with Crippen LogP contribution in [0, 0.1) is 0 Å². The molecule has 4 aliphatic rings. The molecule has 1 N–H and O–H groups in total. The molecule has 6 heteroatoms. The van der Waals surface area contributed by atoms with Crippen molar-refractivity contribution in [3.63, 3.8) is 0 Å². The van der Waals surface area contributed by atoms with Crippen LogP contribution in [0.3, 0.4) is 0 Å². The number of benzene rings is 2. The molecule has 6 rings (SSSR count). The van der Waals surface area contributed by atoms with Crippen LogP contribution < -0.4 is 23.7 Å². The summed E-state index contributed by atoms with van der Waals surface area (Å²) in [6.45, 7) is 4.85. The standard InChI is InChI=1S/C21H20O6/c1-21(2)4-3-10-13(22)6-17-18(20(10)27-21)19-12(8-23-17)11-5-15-16(25-9-24-15)7-14(11)26-19/h5-7,12,19,22H,3-4,8-9H2,1-2H3/t12-,19+/m1/s1. The van der Waals surface area contributed by atoms with Crippen LogP contribution in [0.2, 0.25) is 0 Å². The third-order valence-corrected chi connectivity index (χ3v) is 5.94. The minimum atomic E-state index is -0.296. The highest BCUT2D eigenvalue weighted by molar-refractivity contribution is 5.63. The lowest BCUT2D eigenvalue weighted by molar-refractivity contribution is 0.0706. The van der Waals surface area contributed by atoms with Crippen LogP contribution in [0.4, 0.5) is 0 Å². The molecule has 4 heterocycles. The number of hydrogen-bond donors (Lipinski definition) is 1. The predicted octanol–water partition coefficient (Wildman–Crippen LogP) is 3.83. The number of fused-ring (bicyclic) bond motifs is 8. The van der Waals surface area contributed by atoms with Crippen molar-refractivity contribution in [2.75, 3.05) is 13.4 Å². The van der Waals surface area contributed by atoms with Crippen molar-refractivity contribution in [1.29, 1.82) is 0 Å². The van der Waals surface area contributed by atoms with Crippen LogP contribution in [-0.2, 0) is 6.42 Å². The Morgan fingerprint density at radius 2 is 1.81 bits per heavy atom. The van der Waals surface area contributed by atoms with Gasteiger partial charge in [-0.25, -0.2) is 0 Å². The van der Waals surface area contributed by atoms with Crippen molar-refractivity contribution < 1.29 is 28.8 Å². The van der Waals surface area contributed by atoms with E-state index in [9.17, 15) is 5.11 Å². The van der Waals surface area contributed by atoms with Gasteiger partial charge in [-0.2, -0.15) is 0 Å². The second kappa shape index (κ2) is 4.94. The van der Waals surface area contributed by atoms with E-state index in [-0.39, 0.29) is 30.2 Å². The Hall–Kier alpha value is -2.76. The van der Waals surface area contributed by atoms with Crippen molar-refractivity contribution in [3.8, 4) is 34.5 Å². The van der Waals surface area contributed by atoms with Gasteiger partial charge in [0, 0.05) is 23.3 Å².